The second kappa shape index (κ2) is 5.24. The highest BCUT2D eigenvalue weighted by molar-refractivity contribution is 5.98. The summed E-state index contributed by atoms with van der Waals surface area (Å²) in [6.07, 6.45) is 0. The molecule has 0 saturated carbocycles. The van der Waals surface area contributed by atoms with E-state index in [0.717, 1.165) is 10.8 Å². The van der Waals surface area contributed by atoms with Crippen LogP contribution in [0.25, 0.3) is 10.8 Å². The Hall–Kier alpha value is -2.14. The number of carboxylic acid groups (broad SMARTS) is 1. The SMILES string of the molecule is CC(CO)N(C)c1nc(C(=O)O)cc2ccccc12. The largest absolute Gasteiger partial charge is 0.477 e. The maximum absolute atomic E-state index is 11.1. The summed E-state index contributed by atoms with van der Waals surface area (Å²) < 4.78 is 0. The Kier molecular flexibility index (Phi) is 3.66. The Morgan fingerprint density at radius 1 is 1.42 bits per heavy atom. The molecule has 0 spiro atoms. The highest BCUT2D eigenvalue weighted by Crippen LogP contribution is 2.26. The Morgan fingerprint density at radius 2 is 2.11 bits per heavy atom. The van der Waals surface area contributed by atoms with Crippen molar-refractivity contribution in [2.24, 2.45) is 0 Å². The molecule has 1 aromatic heterocycles. The quantitative estimate of drug-likeness (QED) is 0.876. The van der Waals surface area contributed by atoms with Crippen molar-refractivity contribution < 1.29 is 15.0 Å². The molecule has 1 heterocycles. The number of carbonyl (C=O) groups is 1. The van der Waals surface area contributed by atoms with Crippen molar-refractivity contribution in [3.63, 3.8) is 0 Å². The van der Waals surface area contributed by atoms with E-state index in [-0.39, 0.29) is 18.3 Å². The molecule has 19 heavy (non-hydrogen) atoms. The van der Waals surface area contributed by atoms with Gasteiger partial charge < -0.3 is 15.1 Å². The fraction of sp³-hybridized carbons (Fsp3) is 0.286. The van der Waals surface area contributed by atoms with Crippen molar-refractivity contribution in [1.29, 1.82) is 0 Å². The van der Waals surface area contributed by atoms with E-state index >= 15 is 0 Å². The molecule has 2 rings (SSSR count). The first-order valence-electron chi connectivity index (χ1n) is 6.01. The van der Waals surface area contributed by atoms with E-state index in [1.807, 2.05) is 31.2 Å². The van der Waals surface area contributed by atoms with Crippen LogP contribution in [0.1, 0.15) is 17.4 Å². The number of anilines is 1. The number of hydrogen-bond acceptors (Lipinski definition) is 4. The number of likely N-dealkylation sites (N-methyl/N-ethyl adjacent to an activating group) is 1. The van der Waals surface area contributed by atoms with Gasteiger partial charge in [0.1, 0.15) is 5.82 Å². The number of benzene rings is 1. The summed E-state index contributed by atoms with van der Waals surface area (Å²) in [6, 6.07) is 8.89. The van der Waals surface area contributed by atoms with Crippen LogP contribution >= 0.6 is 0 Å². The number of aromatic carboxylic acids is 1. The van der Waals surface area contributed by atoms with Crippen molar-refractivity contribution in [3.05, 3.63) is 36.0 Å². The molecule has 2 aromatic rings. The molecule has 2 N–H and O–H groups in total. The molecule has 1 aromatic carbocycles. The van der Waals surface area contributed by atoms with Crippen molar-refractivity contribution in [2.75, 3.05) is 18.6 Å². The number of aliphatic hydroxyl groups excluding tert-OH is 1. The Bertz CT molecular complexity index is 613. The molecular weight excluding hydrogens is 244 g/mol. The number of aromatic nitrogens is 1. The molecule has 1 unspecified atom stereocenters. The van der Waals surface area contributed by atoms with Gasteiger partial charge in [0.2, 0.25) is 0 Å². The fourth-order valence-corrected chi connectivity index (χ4v) is 1.89. The third-order valence-electron chi connectivity index (χ3n) is 3.20. The van der Waals surface area contributed by atoms with Crippen LogP contribution in [0.15, 0.2) is 30.3 Å². The van der Waals surface area contributed by atoms with Gasteiger partial charge in [0.05, 0.1) is 12.6 Å². The molecular formula is C14H16N2O3. The molecule has 0 aliphatic rings. The molecule has 5 nitrogen and oxygen atoms in total. The molecule has 0 aliphatic carbocycles. The summed E-state index contributed by atoms with van der Waals surface area (Å²) in [5.41, 5.74) is 0.00527. The topological polar surface area (TPSA) is 73.7 Å². The Balaban J connectivity index is 2.66. The lowest BCUT2D eigenvalue weighted by atomic mass is 10.1. The van der Waals surface area contributed by atoms with E-state index in [9.17, 15) is 9.90 Å². The third kappa shape index (κ3) is 2.51. The smallest absolute Gasteiger partial charge is 0.354 e. The number of aliphatic hydroxyl groups is 1. The van der Waals surface area contributed by atoms with Gasteiger partial charge >= 0.3 is 5.97 Å². The van der Waals surface area contributed by atoms with Crippen molar-refractivity contribution in [3.8, 4) is 0 Å². The van der Waals surface area contributed by atoms with Crippen LogP contribution in [0.5, 0.6) is 0 Å². The van der Waals surface area contributed by atoms with Crippen molar-refractivity contribution in [1.82, 2.24) is 4.98 Å². The molecule has 0 aliphatic heterocycles. The fourth-order valence-electron chi connectivity index (χ4n) is 1.89. The van der Waals surface area contributed by atoms with Gasteiger partial charge in [0, 0.05) is 12.4 Å². The zero-order valence-corrected chi connectivity index (χ0v) is 10.9. The summed E-state index contributed by atoms with van der Waals surface area (Å²) in [4.78, 5) is 17.1. The van der Waals surface area contributed by atoms with E-state index < -0.39 is 5.97 Å². The monoisotopic (exact) mass is 260 g/mol. The van der Waals surface area contributed by atoms with Gasteiger partial charge in [0.15, 0.2) is 5.69 Å². The number of carboxylic acids is 1. The van der Waals surface area contributed by atoms with Crippen molar-refractivity contribution >= 4 is 22.6 Å². The number of rotatable bonds is 4. The van der Waals surface area contributed by atoms with Gasteiger partial charge in [0.25, 0.3) is 0 Å². The summed E-state index contributed by atoms with van der Waals surface area (Å²) in [7, 11) is 1.79. The van der Waals surface area contributed by atoms with Crippen molar-refractivity contribution in [2.45, 2.75) is 13.0 Å². The van der Waals surface area contributed by atoms with Crippen LogP contribution in [0, 0.1) is 0 Å². The minimum atomic E-state index is -1.06. The minimum Gasteiger partial charge on any atom is -0.477 e. The first kappa shape index (κ1) is 13.3. The zero-order chi connectivity index (χ0) is 14.0. The standard InChI is InChI=1S/C14H16N2O3/c1-9(8-17)16(2)13-11-6-4-3-5-10(11)7-12(15-13)14(18)19/h3-7,9,17H,8H2,1-2H3,(H,18,19). The predicted molar refractivity (Wildman–Crippen MR) is 73.7 cm³/mol. The maximum Gasteiger partial charge on any atom is 0.354 e. The van der Waals surface area contributed by atoms with Crippen LogP contribution in [-0.4, -0.2) is 40.9 Å². The van der Waals surface area contributed by atoms with E-state index in [2.05, 4.69) is 4.98 Å². The number of fused-ring (bicyclic) bond motifs is 1. The Labute approximate surface area is 111 Å². The highest BCUT2D eigenvalue weighted by atomic mass is 16.4. The maximum atomic E-state index is 11.1. The summed E-state index contributed by atoms with van der Waals surface area (Å²) in [5, 5.41) is 20.0. The van der Waals surface area contributed by atoms with Crippen LogP contribution < -0.4 is 4.90 Å². The van der Waals surface area contributed by atoms with E-state index in [1.165, 1.54) is 0 Å². The zero-order valence-electron chi connectivity index (χ0n) is 10.9. The molecule has 100 valence electrons. The Morgan fingerprint density at radius 3 is 2.74 bits per heavy atom. The van der Waals surface area contributed by atoms with E-state index in [0.29, 0.717) is 5.82 Å². The van der Waals surface area contributed by atoms with Crippen LogP contribution in [0.2, 0.25) is 0 Å². The summed E-state index contributed by atoms with van der Waals surface area (Å²) in [5.74, 6) is -0.492. The lowest BCUT2D eigenvalue weighted by molar-refractivity contribution is 0.0691. The number of pyridine rings is 1. The van der Waals surface area contributed by atoms with E-state index in [4.69, 9.17) is 5.11 Å². The summed E-state index contributed by atoms with van der Waals surface area (Å²) in [6.45, 7) is 1.83. The second-order valence-corrected chi connectivity index (χ2v) is 4.50. The molecule has 0 radical (unpaired) electrons. The average Bonchev–Trinajstić information content (AvgIpc) is 2.44. The summed E-state index contributed by atoms with van der Waals surface area (Å²) >= 11 is 0. The van der Waals surface area contributed by atoms with Gasteiger partial charge in [-0.2, -0.15) is 0 Å². The normalized spacial score (nSPS) is 12.4. The van der Waals surface area contributed by atoms with Gasteiger partial charge in [-0.3, -0.25) is 0 Å². The molecule has 5 heteroatoms. The third-order valence-corrected chi connectivity index (χ3v) is 3.20. The molecule has 0 fully saturated rings. The molecule has 0 bridgehead atoms. The number of hydrogen-bond donors (Lipinski definition) is 2. The van der Waals surface area contributed by atoms with Gasteiger partial charge in [-0.15, -0.1) is 0 Å². The highest BCUT2D eigenvalue weighted by Gasteiger charge is 2.16. The van der Waals surface area contributed by atoms with Gasteiger partial charge in [-0.25, -0.2) is 9.78 Å². The van der Waals surface area contributed by atoms with Gasteiger partial charge in [-0.1, -0.05) is 24.3 Å². The lowest BCUT2D eigenvalue weighted by Gasteiger charge is -2.25. The van der Waals surface area contributed by atoms with Crippen LogP contribution in [-0.2, 0) is 0 Å². The number of nitrogens with zero attached hydrogens (tertiary/aromatic N) is 2. The average molecular weight is 260 g/mol. The predicted octanol–water partition coefficient (Wildman–Crippen LogP) is 1.75. The van der Waals surface area contributed by atoms with Gasteiger partial charge in [-0.05, 0) is 18.4 Å². The molecule has 1 atom stereocenters. The minimum absolute atomic E-state index is 0.00527. The first-order chi connectivity index (χ1) is 9.04. The lowest BCUT2D eigenvalue weighted by Crippen LogP contribution is -2.33. The van der Waals surface area contributed by atoms with Crippen LogP contribution in [0.3, 0.4) is 0 Å². The molecule has 0 saturated heterocycles. The second-order valence-electron chi connectivity index (χ2n) is 4.50. The van der Waals surface area contributed by atoms with E-state index in [1.54, 1.807) is 18.0 Å². The first-order valence-corrected chi connectivity index (χ1v) is 6.01. The molecule has 0 amide bonds. The van der Waals surface area contributed by atoms with Crippen LogP contribution in [0.4, 0.5) is 5.82 Å².